The third-order valence-electron chi connectivity index (χ3n) is 3.63. The minimum Gasteiger partial charge on any atom is -0.496 e. The molecule has 0 saturated carbocycles. The molecule has 3 rings (SSSR count). The van der Waals surface area contributed by atoms with Gasteiger partial charge in [0.1, 0.15) is 11.6 Å². The molecule has 0 fully saturated rings. The summed E-state index contributed by atoms with van der Waals surface area (Å²) in [5.41, 5.74) is 0.831. The van der Waals surface area contributed by atoms with E-state index in [1.54, 1.807) is 26.2 Å². The molecule has 0 heterocycles. The Hall–Kier alpha value is -2.36. The first kappa shape index (κ1) is 16.0. The normalized spacial score (nSPS) is 11.8. The largest absolute Gasteiger partial charge is 0.496 e. The summed E-state index contributed by atoms with van der Waals surface area (Å²) in [6.45, 7) is 4.29. The predicted molar refractivity (Wildman–Crippen MR) is 84.2 cm³/mol. The molecule has 116 valence electrons. The molecule has 0 aliphatic heterocycles. The Balaban J connectivity index is 0.000000183. The number of amides is 1. The van der Waals surface area contributed by atoms with E-state index in [2.05, 4.69) is 17.4 Å². The van der Waals surface area contributed by atoms with E-state index < -0.39 is 0 Å². The lowest BCUT2D eigenvalue weighted by Crippen LogP contribution is -2.27. The molecular weight excluding hydrogens is 281 g/mol. The number of hydrogen-bond acceptors (Lipinski definition) is 2. The molecule has 2 aliphatic carbocycles. The standard InChI is InChI=1S/C11H14FNO.C7H6O/c1-3-13-11(14)8(2)9-4-6-10(12)7-5-9;1-8-7-4-5-2-3-6(5)7/h4-8H,3H2,1-2H3,(H,13,14);2-4H,1H3. The monoisotopic (exact) mass is 301 g/mol. The van der Waals surface area contributed by atoms with E-state index in [1.165, 1.54) is 22.6 Å². The van der Waals surface area contributed by atoms with Crippen molar-refractivity contribution in [3.05, 3.63) is 64.3 Å². The van der Waals surface area contributed by atoms with Crippen LogP contribution in [0.3, 0.4) is 0 Å². The van der Waals surface area contributed by atoms with Crippen LogP contribution in [-0.2, 0) is 4.79 Å². The van der Waals surface area contributed by atoms with Crippen LogP contribution in [0.25, 0.3) is 0 Å². The summed E-state index contributed by atoms with van der Waals surface area (Å²) < 4.78 is 17.6. The zero-order chi connectivity index (χ0) is 16.1. The molecule has 0 radical (unpaired) electrons. The van der Waals surface area contributed by atoms with Gasteiger partial charge in [0.2, 0.25) is 5.91 Å². The van der Waals surface area contributed by atoms with Crippen molar-refractivity contribution in [2.75, 3.05) is 13.7 Å². The molecular formula is C18H20FNO2. The minimum atomic E-state index is -0.281. The molecule has 22 heavy (non-hydrogen) atoms. The molecule has 2 aliphatic rings. The van der Waals surface area contributed by atoms with Crippen molar-refractivity contribution in [3.8, 4) is 5.75 Å². The van der Waals surface area contributed by atoms with Gasteiger partial charge < -0.3 is 10.1 Å². The fourth-order valence-electron chi connectivity index (χ4n) is 2.15. The SMILES string of the molecule is CCNC(=O)C(C)c1ccc(F)cc1.COc1cc2ccc1=2. The van der Waals surface area contributed by atoms with Gasteiger partial charge in [0.15, 0.2) is 0 Å². The maximum Gasteiger partial charge on any atom is 0.227 e. The molecule has 0 aromatic heterocycles. The Labute approximate surface area is 129 Å². The van der Waals surface area contributed by atoms with Crippen molar-refractivity contribution >= 4 is 5.91 Å². The lowest BCUT2D eigenvalue weighted by Gasteiger charge is -2.10. The van der Waals surface area contributed by atoms with Crippen molar-refractivity contribution in [3.63, 3.8) is 0 Å². The van der Waals surface area contributed by atoms with Gasteiger partial charge in [-0.15, -0.1) is 0 Å². The molecule has 0 spiro atoms. The maximum absolute atomic E-state index is 12.6. The van der Waals surface area contributed by atoms with Gasteiger partial charge in [-0.1, -0.05) is 24.3 Å². The number of methoxy groups -OCH3 is 1. The second kappa shape index (κ2) is 7.07. The molecule has 1 atom stereocenters. The van der Waals surface area contributed by atoms with Crippen LogP contribution in [-0.4, -0.2) is 19.6 Å². The second-order valence-electron chi connectivity index (χ2n) is 5.08. The van der Waals surface area contributed by atoms with Crippen LogP contribution in [0.4, 0.5) is 4.39 Å². The second-order valence-corrected chi connectivity index (χ2v) is 5.08. The van der Waals surface area contributed by atoms with Gasteiger partial charge in [-0.05, 0) is 42.8 Å². The third-order valence-corrected chi connectivity index (χ3v) is 3.63. The number of hydrogen-bond donors (Lipinski definition) is 1. The van der Waals surface area contributed by atoms with E-state index >= 15 is 0 Å². The number of rotatable bonds is 4. The summed E-state index contributed by atoms with van der Waals surface area (Å²) in [6.07, 6.45) is 0. The van der Waals surface area contributed by atoms with Crippen LogP contribution in [0.2, 0.25) is 0 Å². The first-order valence-corrected chi connectivity index (χ1v) is 7.28. The van der Waals surface area contributed by atoms with Crippen LogP contribution in [0, 0.1) is 16.3 Å². The van der Waals surface area contributed by atoms with Gasteiger partial charge in [-0.2, -0.15) is 0 Å². The fraction of sp³-hybridized carbons (Fsp3) is 0.278. The molecule has 1 amide bonds. The van der Waals surface area contributed by atoms with Crippen molar-refractivity contribution in [1.82, 2.24) is 5.32 Å². The molecule has 1 unspecified atom stereocenters. The Kier molecular flexibility index (Phi) is 5.15. The molecule has 0 saturated heterocycles. The predicted octanol–water partition coefficient (Wildman–Crippen LogP) is 3.36. The number of carbonyl (C=O) groups is 1. The molecule has 1 aromatic carbocycles. The van der Waals surface area contributed by atoms with Crippen molar-refractivity contribution in [2.24, 2.45) is 0 Å². The van der Waals surface area contributed by atoms with Crippen LogP contribution < -0.4 is 10.1 Å². The van der Waals surface area contributed by atoms with E-state index in [9.17, 15) is 9.18 Å². The third kappa shape index (κ3) is 3.45. The Morgan fingerprint density at radius 2 is 1.91 bits per heavy atom. The van der Waals surface area contributed by atoms with Crippen LogP contribution in [0.1, 0.15) is 25.3 Å². The quantitative estimate of drug-likeness (QED) is 0.802. The molecule has 0 bridgehead atoms. The van der Waals surface area contributed by atoms with E-state index in [0.29, 0.717) is 6.54 Å². The first-order chi connectivity index (χ1) is 10.6. The summed E-state index contributed by atoms with van der Waals surface area (Å²) in [7, 11) is 1.70. The summed E-state index contributed by atoms with van der Waals surface area (Å²) in [5.74, 6) is 0.494. The first-order valence-electron chi connectivity index (χ1n) is 7.28. The molecule has 4 heteroatoms. The van der Waals surface area contributed by atoms with Crippen molar-refractivity contribution in [1.29, 1.82) is 0 Å². The van der Waals surface area contributed by atoms with Crippen LogP contribution >= 0.6 is 0 Å². The van der Waals surface area contributed by atoms with E-state index in [1.807, 2.05) is 13.0 Å². The smallest absolute Gasteiger partial charge is 0.227 e. The molecule has 3 nitrogen and oxygen atoms in total. The lowest BCUT2D eigenvalue weighted by atomic mass is 10.0. The highest BCUT2D eigenvalue weighted by Crippen LogP contribution is 2.22. The van der Waals surface area contributed by atoms with Gasteiger partial charge in [0.25, 0.3) is 0 Å². The molecule has 1 aromatic rings. The van der Waals surface area contributed by atoms with Gasteiger partial charge in [0.05, 0.1) is 13.0 Å². The average Bonchev–Trinajstić information content (AvgIpc) is 2.51. The summed E-state index contributed by atoms with van der Waals surface area (Å²) in [4.78, 5) is 11.4. The lowest BCUT2D eigenvalue weighted by molar-refractivity contribution is -0.122. The van der Waals surface area contributed by atoms with Crippen molar-refractivity contribution < 1.29 is 13.9 Å². The Bertz CT molecular complexity index is 741. The van der Waals surface area contributed by atoms with E-state index in [-0.39, 0.29) is 17.6 Å². The van der Waals surface area contributed by atoms with Crippen LogP contribution in [0.15, 0.2) is 42.5 Å². The summed E-state index contributed by atoms with van der Waals surface area (Å²) in [6, 6.07) is 12.2. The Morgan fingerprint density at radius 1 is 1.23 bits per heavy atom. The maximum atomic E-state index is 12.6. The van der Waals surface area contributed by atoms with Gasteiger partial charge in [-0.3, -0.25) is 4.79 Å². The van der Waals surface area contributed by atoms with E-state index in [4.69, 9.17) is 4.74 Å². The van der Waals surface area contributed by atoms with Crippen LogP contribution in [0.5, 0.6) is 5.75 Å². The Morgan fingerprint density at radius 3 is 2.27 bits per heavy atom. The van der Waals surface area contributed by atoms with Gasteiger partial charge in [-0.25, -0.2) is 4.39 Å². The fourth-order valence-corrected chi connectivity index (χ4v) is 2.15. The van der Waals surface area contributed by atoms with E-state index in [0.717, 1.165) is 11.3 Å². The summed E-state index contributed by atoms with van der Waals surface area (Å²) >= 11 is 0. The highest BCUT2D eigenvalue weighted by atomic mass is 19.1. The number of ether oxygens (including phenoxy) is 1. The zero-order valence-electron chi connectivity index (χ0n) is 13.0. The number of likely N-dealkylation sites (N-methyl/N-ethyl adjacent to an activating group) is 1. The average molecular weight is 301 g/mol. The number of nitrogens with one attached hydrogen (secondary N) is 1. The number of carbonyl (C=O) groups excluding carboxylic acids is 1. The van der Waals surface area contributed by atoms with Gasteiger partial charge >= 0.3 is 0 Å². The minimum absolute atomic E-state index is 0.0286. The van der Waals surface area contributed by atoms with Gasteiger partial charge in [0, 0.05) is 11.8 Å². The number of benzene rings is 2. The number of halogens is 1. The van der Waals surface area contributed by atoms with Crippen molar-refractivity contribution in [2.45, 2.75) is 19.8 Å². The topological polar surface area (TPSA) is 38.3 Å². The highest BCUT2D eigenvalue weighted by molar-refractivity contribution is 5.83. The zero-order valence-corrected chi connectivity index (χ0v) is 13.0. The highest BCUT2D eigenvalue weighted by Gasteiger charge is 2.13. The summed E-state index contributed by atoms with van der Waals surface area (Å²) in [5, 5.41) is 5.35. The molecule has 1 N–H and O–H groups in total.